The Morgan fingerprint density at radius 2 is 1.81 bits per heavy atom. The second-order valence-electron chi connectivity index (χ2n) is 7.09. The Morgan fingerprint density at radius 1 is 1.00 bits per heavy atom. The lowest BCUT2D eigenvalue weighted by Gasteiger charge is -1.99. The van der Waals surface area contributed by atoms with E-state index in [1.165, 1.54) is 0 Å². The Hall–Kier alpha value is -4.52. The van der Waals surface area contributed by atoms with Crippen LogP contribution in [0.15, 0.2) is 60.8 Å². The molecule has 31 heavy (non-hydrogen) atoms. The molecule has 4 aromatic rings. The van der Waals surface area contributed by atoms with E-state index in [-0.39, 0.29) is 11.5 Å². The van der Waals surface area contributed by atoms with Crippen molar-refractivity contribution in [1.82, 2.24) is 15.2 Å². The highest BCUT2D eigenvalue weighted by Crippen LogP contribution is 2.31. The summed E-state index contributed by atoms with van der Waals surface area (Å²) in [5.41, 5.74) is 4.98. The molecule has 7 heteroatoms. The molecule has 150 valence electrons. The number of carboxylic acid groups (broad SMARTS) is 1. The van der Waals surface area contributed by atoms with Crippen molar-refractivity contribution in [1.29, 1.82) is 0 Å². The Kier molecular flexibility index (Phi) is 4.41. The average Bonchev–Trinajstić information content (AvgIpc) is 3.33. The zero-order valence-electron chi connectivity index (χ0n) is 16.2. The number of amides is 1. The van der Waals surface area contributed by atoms with Gasteiger partial charge in [0.25, 0.3) is 5.91 Å². The molecule has 1 aliphatic heterocycles. The standard InChI is InChI=1S/C24H16N4O3/c29-23-19(17-2-1-11-25-22(17)26-23)12-15-5-9-18-20(27-28-21(18)13-15)10-6-14-3-7-16(8-4-14)24(30)31/h1-13H,(H,27,28)(H,30,31)(H,25,26,29)/b10-6+,19-12-. The summed E-state index contributed by atoms with van der Waals surface area (Å²) < 4.78 is 0. The first-order chi connectivity index (χ1) is 15.1. The molecule has 0 saturated heterocycles. The number of aromatic carboxylic acids is 1. The molecule has 7 nitrogen and oxygen atoms in total. The number of hydrogen-bond donors (Lipinski definition) is 3. The monoisotopic (exact) mass is 408 g/mol. The van der Waals surface area contributed by atoms with Crippen molar-refractivity contribution in [2.75, 3.05) is 5.32 Å². The number of nitrogens with zero attached hydrogens (tertiary/aromatic N) is 2. The van der Waals surface area contributed by atoms with Crippen LogP contribution in [-0.4, -0.2) is 32.2 Å². The van der Waals surface area contributed by atoms with Gasteiger partial charge >= 0.3 is 5.97 Å². The van der Waals surface area contributed by atoms with Crippen LogP contribution in [0.2, 0.25) is 0 Å². The molecular weight excluding hydrogens is 392 g/mol. The molecule has 2 aromatic heterocycles. The maximum atomic E-state index is 12.3. The highest BCUT2D eigenvalue weighted by atomic mass is 16.4. The molecule has 0 spiro atoms. The van der Waals surface area contributed by atoms with Gasteiger partial charge in [0, 0.05) is 17.1 Å². The Labute approximate surface area is 176 Å². The molecule has 1 aliphatic rings. The summed E-state index contributed by atoms with van der Waals surface area (Å²) in [6, 6.07) is 16.1. The zero-order chi connectivity index (χ0) is 21.4. The number of nitrogens with one attached hydrogen (secondary N) is 2. The van der Waals surface area contributed by atoms with Crippen LogP contribution >= 0.6 is 0 Å². The maximum Gasteiger partial charge on any atom is 0.335 e. The van der Waals surface area contributed by atoms with Crippen molar-refractivity contribution in [2.24, 2.45) is 0 Å². The Morgan fingerprint density at radius 3 is 2.61 bits per heavy atom. The van der Waals surface area contributed by atoms with E-state index in [9.17, 15) is 9.59 Å². The molecule has 0 aliphatic carbocycles. The van der Waals surface area contributed by atoms with Crippen molar-refractivity contribution < 1.29 is 14.7 Å². The van der Waals surface area contributed by atoms with Crippen LogP contribution < -0.4 is 5.32 Å². The highest BCUT2D eigenvalue weighted by Gasteiger charge is 2.24. The molecule has 0 atom stereocenters. The summed E-state index contributed by atoms with van der Waals surface area (Å²) in [7, 11) is 0. The predicted octanol–water partition coefficient (Wildman–Crippen LogP) is 4.32. The lowest BCUT2D eigenvalue weighted by molar-refractivity contribution is -0.110. The molecule has 1 amide bonds. The third-order valence-electron chi connectivity index (χ3n) is 5.09. The van der Waals surface area contributed by atoms with E-state index >= 15 is 0 Å². The van der Waals surface area contributed by atoms with Crippen molar-refractivity contribution in [3.05, 3.63) is 88.7 Å². The third-order valence-corrected chi connectivity index (χ3v) is 5.09. The number of benzene rings is 2. The first kappa shape index (κ1) is 18.5. The number of aromatic nitrogens is 3. The van der Waals surface area contributed by atoms with Gasteiger partial charge in [-0.3, -0.25) is 9.89 Å². The Bertz CT molecular complexity index is 1400. The smallest absolute Gasteiger partial charge is 0.335 e. The number of carbonyl (C=O) groups excluding carboxylic acids is 1. The fourth-order valence-electron chi connectivity index (χ4n) is 3.52. The molecule has 5 rings (SSSR count). The summed E-state index contributed by atoms with van der Waals surface area (Å²) in [5, 5.41) is 20.1. The van der Waals surface area contributed by atoms with Crippen LogP contribution in [0.5, 0.6) is 0 Å². The van der Waals surface area contributed by atoms with Crippen LogP contribution in [0.1, 0.15) is 32.7 Å². The van der Waals surface area contributed by atoms with Crippen LogP contribution in [0, 0.1) is 0 Å². The first-order valence-corrected chi connectivity index (χ1v) is 9.56. The fraction of sp³-hybridized carbons (Fsp3) is 0. The lowest BCUT2D eigenvalue weighted by atomic mass is 10.0. The van der Waals surface area contributed by atoms with E-state index in [4.69, 9.17) is 5.11 Å². The third kappa shape index (κ3) is 3.49. The SMILES string of the molecule is O=C1Nc2ncccc2/C1=C/c1ccc2c(/C=C/c3ccc(C(=O)O)cc3)n[nH]c2c1. The van der Waals surface area contributed by atoms with Crippen molar-refractivity contribution in [3.8, 4) is 0 Å². The van der Waals surface area contributed by atoms with Crippen LogP contribution in [0.25, 0.3) is 34.7 Å². The molecular formula is C24H16N4O3. The average molecular weight is 408 g/mol. The zero-order valence-corrected chi connectivity index (χ0v) is 16.2. The number of carbonyl (C=O) groups is 2. The number of carboxylic acids is 1. The van der Waals surface area contributed by atoms with Gasteiger partial charge in [-0.1, -0.05) is 24.3 Å². The number of fused-ring (bicyclic) bond motifs is 2. The van der Waals surface area contributed by atoms with E-state index in [2.05, 4.69) is 20.5 Å². The van der Waals surface area contributed by atoms with E-state index < -0.39 is 5.97 Å². The van der Waals surface area contributed by atoms with Gasteiger partial charge in [-0.2, -0.15) is 5.10 Å². The van der Waals surface area contributed by atoms with Crippen molar-refractivity contribution in [2.45, 2.75) is 0 Å². The molecule has 3 heterocycles. The van der Waals surface area contributed by atoms with E-state index in [0.29, 0.717) is 11.4 Å². The normalized spacial score (nSPS) is 14.3. The van der Waals surface area contributed by atoms with Crippen LogP contribution in [0.4, 0.5) is 5.82 Å². The molecule has 0 saturated carbocycles. The minimum Gasteiger partial charge on any atom is -0.478 e. The van der Waals surface area contributed by atoms with E-state index in [1.54, 1.807) is 36.5 Å². The van der Waals surface area contributed by atoms with Gasteiger partial charge < -0.3 is 10.4 Å². The van der Waals surface area contributed by atoms with Gasteiger partial charge in [0.2, 0.25) is 0 Å². The van der Waals surface area contributed by atoms with Crippen molar-refractivity contribution >= 4 is 52.4 Å². The molecule has 0 bridgehead atoms. The van der Waals surface area contributed by atoms with Gasteiger partial charge in [-0.05, 0) is 59.7 Å². The topological polar surface area (TPSA) is 108 Å². The minimum atomic E-state index is -0.950. The molecule has 0 radical (unpaired) electrons. The summed E-state index contributed by atoms with van der Waals surface area (Å²) in [4.78, 5) is 27.4. The van der Waals surface area contributed by atoms with Crippen molar-refractivity contribution in [3.63, 3.8) is 0 Å². The lowest BCUT2D eigenvalue weighted by Crippen LogP contribution is -2.04. The summed E-state index contributed by atoms with van der Waals surface area (Å²) in [6.07, 6.45) is 7.24. The molecule has 3 N–H and O–H groups in total. The number of rotatable bonds is 4. The van der Waals surface area contributed by atoms with E-state index in [1.807, 2.05) is 42.5 Å². The van der Waals surface area contributed by atoms with Gasteiger partial charge in [0.05, 0.1) is 22.3 Å². The fourth-order valence-corrected chi connectivity index (χ4v) is 3.52. The highest BCUT2D eigenvalue weighted by molar-refractivity contribution is 6.34. The number of pyridine rings is 1. The van der Waals surface area contributed by atoms with Gasteiger partial charge in [0.1, 0.15) is 5.82 Å². The second kappa shape index (κ2) is 7.38. The summed E-state index contributed by atoms with van der Waals surface area (Å²) in [6.45, 7) is 0. The Balaban J connectivity index is 1.43. The maximum absolute atomic E-state index is 12.3. The molecule has 0 fully saturated rings. The second-order valence-corrected chi connectivity index (χ2v) is 7.09. The number of aromatic amines is 1. The summed E-state index contributed by atoms with van der Waals surface area (Å²) in [5.74, 6) is -0.546. The van der Waals surface area contributed by atoms with Gasteiger partial charge in [-0.25, -0.2) is 9.78 Å². The minimum absolute atomic E-state index is 0.170. The molecule has 0 unspecified atom stereocenters. The van der Waals surface area contributed by atoms with Gasteiger partial charge in [-0.15, -0.1) is 0 Å². The summed E-state index contributed by atoms with van der Waals surface area (Å²) >= 11 is 0. The number of anilines is 1. The number of hydrogen-bond acceptors (Lipinski definition) is 4. The quantitative estimate of drug-likeness (QED) is 0.436. The van der Waals surface area contributed by atoms with Gasteiger partial charge in [0.15, 0.2) is 0 Å². The first-order valence-electron chi connectivity index (χ1n) is 9.56. The predicted molar refractivity (Wildman–Crippen MR) is 119 cm³/mol. The number of H-pyrrole nitrogens is 1. The van der Waals surface area contributed by atoms with E-state index in [0.717, 1.165) is 33.3 Å². The van der Waals surface area contributed by atoms with Crippen LogP contribution in [-0.2, 0) is 4.79 Å². The molecule has 2 aromatic carbocycles. The van der Waals surface area contributed by atoms with Crippen LogP contribution in [0.3, 0.4) is 0 Å². The largest absolute Gasteiger partial charge is 0.478 e.